The smallest absolute Gasteiger partial charge is 0.474 e. The molecule has 0 spiro atoms. The lowest BCUT2D eigenvalue weighted by molar-refractivity contribution is -0.402. The maximum absolute atomic E-state index is 11.6. The molecule has 0 saturated carbocycles. The van der Waals surface area contributed by atoms with Crippen LogP contribution in [-0.4, -0.2) is 40.3 Å². The Bertz CT molecular complexity index is 496. The molecule has 0 aromatic rings. The van der Waals surface area contributed by atoms with Crippen LogP contribution in [0.4, 0.5) is 0 Å². The number of carboxylic acid groups (broad SMARTS) is 1. The van der Waals surface area contributed by atoms with Gasteiger partial charge in [0.2, 0.25) is 0 Å². The van der Waals surface area contributed by atoms with Gasteiger partial charge in [-0.3, -0.25) is 4.74 Å². The van der Waals surface area contributed by atoms with Crippen LogP contribution in [0.2, 0.25) is 0 Å². The molecule has 202 valence electrons. The van der Waals surface area contributed by atoms with Gasteiger partial charge in [0.1, 0.15) is 6.10 Å². The largest absolute Gasteiger partial charge is 0.497 e. The number of hydrogen-bond acceptors (Lipinski definition) is 6. The molecule has 0 aliphatic carbocycles. The number of carboxylic acids is 1. The van der Waals surface area contributed by atoms with Crippen LogP contribution in [0.5, 0.6) is 0 Å². The molecule has 0 amide bonds. The van der Waals surface area contributed by atoms with Gasteiger partial charge in [-0.2, -0.15) is 11.8 Å². The van der Waals surface area contributed by atoms with Gasteiger partial charge in [0.15, 0.2) is 0 Å². The van der Waals surface area contributed by atoms with Crippen molar-refractivity contribution in [1.82, 2.24) is 0 Å². The SMILES string of the molecule is CCCCCCCCCCCCSC(CCCCCC)C(C)OOC(OCCC)([PH+]=O)C(=O)O. The van der Waals surface area contributed by atoms with E-state index < -0.39 is 20.0 Å². The van der Waals surface area contributed by atoms with Crippen LogP contribution < -0.4 is 0 Å². The molecule has 0 aliphatic rings. The minimum absolute atomic E-state index is 0.132. The first kappa shape index (κ1) is 33.8. The predicted molar refractivity (Wildman–Crippen MR) is 144 cm³/mol. The predicted octanol–water partition coefficient (Wildman–Crippen LogP) is 8.51. The second kappa shape index (κ2) is 23.2. The van der Waals surface area contributed by atoms with E-state index in [1.807, 2.05) is 25.6 Å². The third kappa shape index (κ3) is 16.5. The molecule has 1 N–H and O–H groups in total. The first-order chi connectivity index (χ1) is 16.5. The quantitative estimate of drug-likeness (QED) is 0.0400. The van der Waals surface area contributed by atoms with Crippen LogP contribution in [0.1, 0.15) is 130 Å². The molecule has 0 heterocycles. The van der Waals surface area contributed by atoms with Gasteiger partial charge in [-0.1, -0.05) is 109 Å². The van der Waals surface area contributed by atoms with Gasteiger partial charge < -0.3 is 5.11 Å². The first-order valence-electron chi connectivity index (χ1n) is 13.7. The van der Waals surface area contributed by atoms with E-state index in [1.54, 1.807) is 0 Å². The molecular formula is C26H52O6PS+. The van der Waals surface area contributed by atoms with Crippen molar-refractivity contribution in [2.24, 2.45) is 0 Å². The standard InChI is InChI=1S/C26H51O6PS/c1-5-8-10-12-13-14-15-16-17-19-22-34-24(20-18-11-9-6-2)23(4)31-32-26(33-29,25(27)28)30-21-7-3/h23-24H,5-22H2,1-4H3,(H,27,28)/p+1. The molecule has 8 heteroatoms. The molecule has 0 aliphatic heterocycles. The summed E-state index contributed by atoms with van der Waals surface area (Å²) in [5.41, 5.74) is -2.25. The van der Waals surface area contributed by atoms with Crippen LogP contribution in [0.15, 0.2) is 0 Å². The summed E-state index contributed by atoms with van der Waals surface area (Å²) in [6, 6.07) is 0. The third-order valence-corrected chi connectivity index (χ3v) is 8.22. The normalized spacial score (nSPS) is 15.3. The molecule has 0 aromatic heterocycles. The van der Waals surface area contributed by atoms with E-state index in [1.165, 1.54) is 83.5 Å². The van der Waals surface area contributed by atoms with Gasteiger partial charge in [-0.05, 0) is 31.9 Å². The topological polar surface area (TPSA) is 82.1 Å². The number of thioether (sulfide) groups is 1. The van der Waals surface area contributed by atoms with Crippen molar-refractivity contribution < 1.29 is 29.0 Å². The number of rotatable bonds is 26. The lowest BCUT2D eigenvalue weighted by Crippen LogP contribution is -2.41. The Morgan fingerprint density at radius 1 is 0.853 bits per heavy atom. The van der Waals surface area contributed by atoms with Gasteiger partial charge >= 0.3 is 20.0 Å². The van der Waals surface area contributed by atoms with Gasteiger partial charge in [0, 0.05) is 5.25 Å². The van der Waals surface area contributed by atoms with Crippen molar-refractivity contribution in [3.8, 4) is 0 Å². The van der Waals surface area contributed by atoms with Crippen molar-refractivity contribution in [2.45, 2.75) is 147 Å². The highest BCUT2D eigenvalue weighted by Crippen LogP contribution is 2.31. The summed E-state index contributed by atoms with van der Waals surface area (Å²) in [7, 11) is -1.32. The van der Waals surface area contributed by atoms with Crippen molar-refractivity contribution >= 4 is 26.2 Å². The zero-order valence-corrected chi connectivity index (χ0v) is 24.1. The van der Waals surface area contributed by atoms with E-state index in [9.17, 15) is 14.5 Å². The Hall–Kier alpha value is -0.200. The van der Waals surface area contributed by atoms with Crippen molar-refractivity contribution in [2.75, 3.05) is 12.4 Å². The second-order valence-corrected chi connectivity index (χ2v) is 11.4. The zero-order valence-electron chi connectivity index (χ0n) is 22.3. The maximum Gasteiger partial charge on any atom is 0.497 e. The minimum atomic E-state index is -2.25. The van der Waals surface area contributed by atoms with E-state index in [4.69, 9.17) is 14.5 Å². The molecule has 0 radical (unpaired) electrons. The maximum atomic E-state index is 11.6. The zero-order chi connectivity index (χ0) is 25.5. The van der Waals surface area contributed by atoms with Crippen molar-refractivity contribution in [1.29, 1.82) is 0 Å². The average Bonchev–Trinajstić information content (AvgIpc) is 2.83. The Labute approximate surface area is 214 Å². The molecule has 0 bridgehead atoms. The van der Waals surface area contributed by atoms with Gasteiger partial charge in [0.25, 0.3) is 0 Å². The molecular weight excluding hydrogens is 471 g/mol. The fourth-order valence-corrected chi connectivity index (χ4v) is 5.37. The van der Waals surface area contributed by atoms with E-state index in [-0.39, 0.29) is 18.0 Å². The molecule has 34 heavy (non-hydrogen) atoms. The lowest BCUT2D eigenvalue weighted by atomic mass is 10.1. The van der Waals surface area contributed by atoms with Crippen LogP contribution >= 0.6 is 20.2 Å². The minimum Gasteiger partial charge on any atom is -0.474 e. The summed E-state index contributed by atoms with van der Waals surface area (Å²) < 4.78 is 16.9. The highest BCUT2D eigenvalue weighted by atomic mass is 32.2. The molecule has 0 rings (SSSR count). The average molecular weight is 524 g/mol. The Morgan fingerprint density at radius 2 is 1.38 bits per heavy atom. The van der Waals surface area contributed by atoms with E-state index in [0.717, 1.165) is 18.6 Å². The number of carbonyl (C=O) groups is 1. The highest BCUT2D eigenvalue weighted by Gasteiger charge is 2.54. The second-order valence-electron chi connectivity index (χ2n) is 9.20. The molecule has 4 atom stereocenters. The summed E-state index contributed by atoms with van der Waals surface area (Å²) in [5.74, 6) is -0.374. The highest BCUT2D eigenvalue weighted by molar-refractivity contribution is 7.99. The molecule has 4 unspecified atom stereocenters. The molecule has 6 nitrogen and oxygen atoms in total. The van der Waals surface area contributed by atoms with Crippen LogP contribution in [-0.2, 0) is 23.9 Å². The number of hydrogen-bond donors (Lipinski definition) is 1. The van der Waals surface area contributed by atoms with Crippen LogP contribution in [0.25, 0.3) is 0 Å². The van der Waals surface area contributed by atoms with E-state index in [0.29, 0.717) is 6.42 Å². The summed E-state index contributed by atoms with van der Waals surface area (Å²) in [5, 5.41) is 9.69. The number of aliphatic carboxylic acids is 1. The summed E-state index contributed by atoms with van der Waals surface area (Å²) in [6.07, 6.45) is 19.1. The number of unbranched alkanes of at least 4 members (excludes halogenated alkanes) is 12. The van der Waals surface area contributed by atoms with Crippen molar-refractivity contribution in [3.05, 3.63) is 0 Å². The summed E-state index contributed by atoms with van der Waals surface area (Å²) in [6.45, 7) is 8.33. The molecule has 0 aromatic carbocycles. The lowest BCUT2D eigenvalue weighted by Gasteiger charge is -2.25. The fraction of sp³-hybridized carbons (Fsp3) is 0.962. The monoisotopic (exact) mass is 523 g/mol. The third-order valence-electron chi connectivity index (χ3n) is 5.94. The van der Waals surface area contributed by atoms with Gasteiger partial charge in [-0.15, -0.1) is 4.89 Å². The molecule has 0 fully saturated rings. The summed E-state index contributed by atoms with van der Waals surface area (Å²) >= 11 is 1.88. The van der Waals surface area contributed by atoms with Crippen molar-refractivity contribution in [3.63, 3.8) is 0 Å². The fourth-order valence-electron chi connectivity index (χ4n) is 3.71. The first-order valence-corrected chi connectivity index (χ1v) is 15.7. The van der Waals surface area contributed by atoms with E-state index in [2.05, 4.69) is 13.8 Å². The van der Waals surface area contributed by atoms with Gasteiger partial charge in [-0.25, -0.2) is 9.68 Å². The van der Waals surface area contributed by atoms with Crippen LogP contribution in [0, 0.1) is 0 Å². The Kier molecular flexibility index (Phi) is 23.1. The molecule has 0 saturated heterocycles. The Balaban J connectivity index is 4.47. The van der Waals surface area contributed by atoms with E-state index >= 15 is 0 Å². The van der Waals surface area contributed by atoms with Crippen LogP contribution in [0.3, 0.4) is 0 Å². The van der Waals surface area contributed by atoms with Gasteiger partial charge in [0.05, 0.1) is 6.61 Å². The number of ether oxygens (including phenoxy) is 1. The summed E-state index contributed by atoms with van der Waals surface area (Å²) in [4.78, 5) is 22.3. The Morgan fingerprint density at radius 3 is 1.88 bits per heavy atom.